The number of aromatic nitrogens is 1. The van der Waals surface area contributed by atoms with E-state index in [0.717, 1.165) is 30.7 Å². The molecule has 1 aliphatic rings. The van der Waals surface area contributed by atoms with E-state index in [1.807, 2.05) is 20.8 Å². The van der Waals surface area contributed by atoms with Crippen molar-refractivity contribution < 1.29 is 14.3 Å². The number of likely N-dealkylation sites (tertiary alicyclic amines) is 1. The van der Waals surface area contributed by atoms with Crippen LogP contribution in [0.4, 0.5) is 4.79 Å². The summed E-state index contributed by atoms with van der Waals surface area (Å²) in [4.78, 5) is 19.1. The number of nitrogens with zero attached hydrogens (tertiary/aromatic N) is 2. The Morgan fingerprint density at radius 1 is 1.50 bits per heavy atom. The molecule has 2 heterocycles. The lowest BCUT2D eigenvalue weighted by atomic mass is 10.0. The number of hydrogen-bond acceptors (Lipinski definition) is 5. The highest BCUT2D eigenvalue weighted by molar-refractivity contribution is 7.15. The van der Waals surface area contributed by atoms with Gasteiger partial charge < -0.3 is 14.4 Å². The fraction of sp³-hybridized carbons (Fsp3) is 0.733. The summed E-state index contributed by atoms with van der Waals surface area (Å²) in [6.07, 6.45) is 4.55. The van der Waals surface area contributed by atoms with Crippen LogP contribution in [0.3, 0.4) is 0 Å². The zero-order chi connectivity index (χ0) is 16.2. The van der Waals surface area contributed by atoms with Crippen LogP contribution in [0.25, 0.3) is 0 Å². The first kappa shape index (κ1) is 17.5. The second-order valence-corrected chi connectivity index (χ2v) is 8.12. The lowest BCUT2D eigenvalue weighted by Crippen LogP contribution is -2.48. The molecule has 0 aliphatic carbocycles. The van der Waals surface area contributed by atoms with Crippen molar-refractivity contribution in [3.63, 3.8) is 0 Å². The summed E-state index contributed by atoms with van der Waals surface area (Å²) >= 11 is 7.21. The fourth-order valence-corrected chi connectivity index (χ4v) is 3.30. The van der Waals surface area contributed by atoms with Crippen LogP contribution >= 0.6 is 22.9 Å². The molecule has 2 rings (SSSR count). The largest absolute Gasteiger partial charge is 0.444 e. The third-order valence-corrected chi connectivity index (χ3v) is 4.42. The van der Waals surface area contributed by atoms with Gasteiger partial charge in [-0.05, 0) is 40.0 Å². The van der Waals surface area contributed by atoms with E-state index < -0.39 is 5.60 Å². The molecule has 0 bridgehead atoms. The lowest BCUT2D eigenvalue weighted by molar-refractivity contribution is -0.00972. The van der Waals surface area contributed by atoms with Crippen molar-refractivity contribution >= 4 is 29.0 Å². The Morgan fingerprint density at radius 2 is 2.27 bits per heavy atom. The van der Waals surface area contributed by atoms with Crippen LogP contribution in [-0.4, -0.2) is 40.8 Å². The van der Waals surface area contributed by atoms with Gasteiger partial charge in [0.25, 0.3) is 0 Å². The van der Waals surface area contributed by atoms with E-state index >= 15 is 0 Å². The highest BCUT2D eigenvalue weighted by atomic mass is 35.5. The first-order valence-electron chi connectivity index (χ1n) is 7.53. The lowest BCUT2D eigenvalue weighted by Gasteiger charge is -2.36. The number of hydrogen-bond donors (Lipinski definition) is 0. The highest BCUT2D eigenvalue weighted by Gasteiger charge is 2.30. The minimum absolute atomic E-state index is 0.0759. The molecule has 1 amide bonds. The van der Waals surface area contributed by atoms with Crippen LogP contribution in [0.15, 0.2) is 6.20 Å². The van der Waals surface area contributed by atoms with E-state index in [1.54, 1.807) is 11.1 Å². The van der Waals surface area contributed by atoms with Gasteiger partial charge in [0.15, 0.2) is 4.47 Å². The molecule has 1 fully saturated rings. The molecule has 0 N–H and O–H groups in total. The van der Waals surface area contributed by atoms with E-state index in [1.165, 1.54) is 11.3 Å². The summed E-state index contributed by atoms with van der Waals surface area (Å²) < 4.78 is 11.7. The average molecular weight is 347 g/mol. The Balaban J connectivity index is 1.85. The number of piperidine rings is 1. The second kappa shape index (κ2) is 7.62. The summed E-state index contributed by atoms with van der Waals surface area (Å²) in [5, 5.41) is 0. The number of thiazole rings is 1. The van der Waals surface area contributed by atoms with Crippen LogP contribution in [-0.2, 0) is 16.1 Å². The van der Waals surface area contributed by atoms with Gasteiger partial charge in [0, 0.05) is 12.7 Å². The minimum atomic E-state index is -0.473. The van der Waals surface area contributed by atoms with E-state index in [0.29, 0.717) is 17.7 Å². The number of amides is 1. The van der Waals surface area contributed by atoms with E-state index in [2.05, 4.69) is 4.98 Å². The van der Waals surface area contributed by atoms with Gasteiger partial charge in [-0.25, -0.2) is 9.78 Å². The van der Waals surface area contributed by atoms with Crippen molar-refractivity contribution in [2.45, 2.75) is 58.3 Å². The molecule has 1 aromatic heterocycles. The Labute approximate surface area is 140 Å². The normalized spacial score (nSPS) is 19.3. The van der Waals surface area contributed by atoms with Crippen LogP contribution in [0, 0.1) is 0 Å². The van der Waals surface area contributed by atoms with Crippen molar-refractivity contribution in [2.75, 3.05) is 13.2 Å². The smallest absolute Gasteiger partial charge is 0.410 e. The first-order chi connectivity index (χ1) is 10.3. The maximum atomic E-state index is 12.3. The second-order valence-electron chi connectivity index (χ2n) is 6.42. The number of carbonyl (C=O) groups excluding carboxylic acids is 1. The van der Waals surface area contributed by atoms with E-state index in [4.69, 9.17) is 21.1 Å². The fourth-order valence-electron chi connectivity index (χ4n) is 2.38. The standard InChI is InChI=1S/C15H23ClN2O3S/c1-15(2,3)21-14(19)18-7-5-4-6-11(18)9-20-10-12-8-17-13(16)22-12/h8,11H,4-7,9-10H2,1-3H3/t11-/m0/s1. The number of carbonyl (C=O) groups is 1. The van der Waals surface area contributed by atoms with Gasteiger partial charge in [-0.3, -0.25) is 0 Å². The highest BCUT2D eigenvalue weighted by Crippen LogP contribution is 2.22. The first-order valence-corrected chi connectivity index (χ1v) is 8.72. The zero-order valence-corrected chi connectivity index (χ0v) is 14.9. The van der Waals surface area contributed by atoms with Gasteiger partial charge >= 0.3 is 6.09 Å². The van der Waals surface area contributed by atoms with Crippen molar-refractivity contribution in [2.24, 2.45) is 0 Å². The third kappa shape index (κ3) is 5.41. The van der Waals surface area contributed by atoms with Gasteiger partial charge in [0.1, 0.15) is 5.60 Å². The molecule has 124 valence electrons. The molecule has 1 aromatic rings. The number of ether oxygens (including phenoxy) is 2. The van der Waals surface area contributed by atoms with Crippen LogP contribution in [0.2, 0.25) is 4.47 Å². The molecule has 0 radical (unpaired) electrons. The SMILES string of the molecule is CC(C)(C)OC(=O)N1CCCC[C@H]1COCc1cnc(Cl)s1. The Morgan fingerprint density at radius 3 is 2.91 bits per heavy atom. The van der Waals surface area contributed by atoms with Crippen molar-refractivity contribution in [3.05, 3.63) is 15.5 Å². The molecule has 5 nitrogen and oxygen atoms in total. The minimum Gasteiger partial charge on any atom is -0.444 e. The maximum absolute atomic E-state index is 12.3. The molecular formula is C15H23ClN2O3S. The number of rotatable bonds is 4. The Bertz CT molecular complexity index is 501. The predicted octanol–water partition coefficient (Wildman–Crippen LogP) is 4.10. The van der Waals surface area contributed by atoms with E-state index in [9.17, 15) is 4.79 Å². The van der Waals surface area contributed by atoms with Crippen molar-refractivity contribution in [1.29, 1.82) is 0 Å². The Kier molecular flexibility index (Phi) is 6.06. The number of halogens is 1. The molecule has 0 spiro atoms. The molecule has 0 aromatic carbocycles. The summed E-state index contributed by atoms with van der Waals surface area (Å²) in [7, 11) is 0. The molecule has 1 aliphatic heterocycles. The summed E-state index contributed by atoms with van der Waals surface area (Å²) in [6, 6.07) is 0.0759. The molecule has 0 saturated carbocycles. The summed E-state index contributed by atoms with van der Waals surface area (Å²) in [6.45, 7) is 7.36. The van der Waals surface area contributed by atoms with Gasteiger partial charge in [-0.1, -0.05) is 11.6 Å². The van der Waals surface area contributed by atoms with Gasteiger partial charge in [-0.15, -0.1) is 11.3 Å². The van der Waals surface area contributed by atoms with Crippen LogP contribution in [0.5, 0.6) is 0 Å². The topological polar surface area (TPSA) is 51.7 Å². The molecule has 1 saturated heterocycles. The van der Waals surface area contributed by atoms with Crippen molar-refractivity contribution in [1.82, 2.24) is 9.88 Å². The average Bonchev–Trinajstić information content (AvgIpc) is 2.83. The van der Waals surface area contributed by atoms with Crippen LogP contribution in [0.1, 0.15) is 44.9 Å². The zero-order valence-electron chi connectivity index (χ0n) is 13.3. The summed E-state index contributed by atoms with van der Waals surface area (Å²) in [5.74, 6) is 0. The quantitative estimate of drug-likeness (QED) is 0.823. The molecule has 0 unspecified atom stereocenters. The molecule has 7 heteroatoms. The molecule has 1 atom stereocenters. The van der Waals surface area contributed by atoms with Crippen molar-refractivity contribution in [3.8, 4) is 0 Å². The maximum Gasteiger partial charge on any atom is 0.410 e. The van der Waals surface area contributed by atoms with Crippen LogP contribution < -0.4 is 0 Å². The molecule has 22 heavy (non-hydrogen) atoms. The van der Waals surface area contributed by atoms with Gasteiger partial charge in [0.2, 0.25) is 0 Å². The van der Waals surface area contributed by atoms with E-state index in [-0.39, 0.29) is 12.1 Å². The third-order valence-electron chi connectivity index (χ3n) is 3.34. The Hall–Kier alpha value is -0.850. The predicted molar refractivity (Wildman–Crippen MR) is 87.4 cm³/mol. The van der Waals surface area contributed by atoms with Gasteiger partial charge in [0.05, 0.1) is 24.1 Å². The summed E-state index contributed by atoms with van der Waals surface area (Å²) in [5.41, 5.74) is -0.473. The monoisotopic (exact) mass is 346 g/mol. The van der Waals surface area contributed by atoms with Gasteiger partial charge in [-0.2, -0.15) is 0 Å². The molecular weight excluding hydrogens is 324 g/mol.